The molecular weight excluding hydrogens is 168 g/mol. The van der Waals surface area contributed by atoms with Crippen molar-refractivity contribution in [1.29, 1.82) is 5.26 Å². The van der Waals surface area contributed by atoms with Crippen LogP contribution in [-0.4, -0.2) is 25.0 Å². The minimum absolute atomic E-state index is 0.391. The third-order valence-corrected chi connectivity index (χ3v) is 1.46. The smallest absolute Gasteiger partial charge is 0.195 e. The highest BCUT2D eigenvalue weighted by atomic mass is 15.4. The second kappa shape index (κ2) is 2.98. The van der Waals surface area contributed by atoms with Crippen molar-refractivity contribution in [1.82, 2.24) is 25.0 Å². The topological polar surface area (TPSA) is 80.3 Å². The van der Waals surface area contributed by atoms with Gasteiger partial charge >= 0.3 is 0 Å². The van der Waals surface area contributed by atoms with Gasteiger partial charge in [0.25, 0.3) is 0 Å². The maximum atomic E-state index is 8.74. The molecule has 0 bridgehead atoms. The van der Waals surface area contributed by atoms with Crippen molar-refractivity contribution in [2.24, 2.45) is 0 Å². The Labute approximate surface area is 73.5 Å². The van der Waals surface area contributed by atoms with Crippen LogP contribution in [0, 0.1) is 11.3 Å². The van der Waals surface area contributed by atoms with Crippen molar-refractivity contribution in [2.75, 3.05) is 0 Å². The van der Waals surface area contributed by atoms with Crippen molar-refractivity contribution in [2.45, 2.75) is 0 Å². The van der Waals surface area contributed by atoms with Crippen molar-refractivity contribution in [3.05, 3.63) is 30.5 Å². The predicted molar refractivity (Wildman–Crippen MR) is 41.7 cm³/mol. The van der Waals surface area contributed by atoms with Gasteiger partial charge in [-0.2, -0.15) is 20.1 Å². The second-order valence-corrected chi connectivity index (χ2v) is 2.22. The number of rotatable bonds is 1. The van der Waals surface area contributed by atoms with E-state index in [1.807, 2.05) is 6.07 Å². The van der Waals surface area contributed by atoms with Crippen molar-refractivity contribution in [3.8, 4) is 11.9 Å². The fourth-order valence-electron chi connectivity index (χ4n) is 0.898. The number of nitriles is 1. The Morgan fingerprint density at radius 1 is 1.46 bits per heavy atom. The van der Waals surface area contributed by atoms with Crippen LogP contribution in [0.25, 0.3) is 5.82 Å². The van der Waals surface area contributed by atoms with Gasteiger partial charge in [0.05, 0.1) is 6.20 Å². The highest BCUT2D eigenvalue weighted by Gasteiger charge is 2.05. The van der Waals surface area contributed by atoms with Gasteiger partial charge in [0, 0.05) is 0 Å². The monoisotopic (exact) mass is 172 g/mol. The molecular formula is C7H4N6. The molecule has 2 heterocycles. The highest BCUT2D eigenvalue weighted by molar-refractivity contribution is 5.40. The third kappa shape index (κ3) is 1.22. The first kappa shape index (κ1) is 7.36. The van der Waals surface area contributed by atoms with E-state index in [4.69, 9.17) is 5.26 Å². The summed E-state index contributed by atoms with van der Waals surface area (Å²) in [6.45, 7) is 0. The molecule has 13 heavy (non-hydrogen) atoms. The van der Waals surface area contributed by atoms with Crippen LogP contribution in [0.1, 0.15) is 5.56 Å². The van der Waals surface area contributed by atoms with Crippen LogP contribution in [0.15, 0.2) is 24.9 Å². The van der Waals surface area contributed by atoms with Crippen LogP contribution in [0.3, 0.4) is 0 Å². The first-order chi connectivity index (χ1) is 6.42. The maximum Gasteiger partial charge on any atom is 0.195 e. The van der Waals surface area contributed by atoms with Crippen LogP contribution in [0.5, 0.6) is 0 Å². The lowest BCUT2D eigenvalue weighted by atomic mass is 10.3. The van der Waals surface area contributed by atoms with Crippen LogP contribution < -0.4 is 0 Å². The minimum atomic E-state index is 0.391. The molecule has 0 aliphatic rings. The summed E-state index contributed by atoms with van der Waals surface area (Å²) >= 11 is 0. The molecule has 2 aromatic heterocycles. The van der Waals surface area contributed by atoms with E-state index in [1.54, 1.807) is 6.07 Å². The summed E-state index contributed by atoms with van der Waals surface area (Å²) in [7, 11) is 0. The van der Waals surface area contributed by atoms with Gasteiger partial charge in [0.1, 0.15) is 24.3 Å². The summed E-state index contributed by atoms with van der Waals surface area (Å²) in [6, 6.07) is 3.57. The Balaban J connectivity index is 2.59. The van der Waals surface area contributed by atoms with Gasteiger partial charge in [0.2, 0.25) is 0 Å². The molecule has 6 nitrogen and oxygen atoms in total. The molecule has 0 amide bonds. The Morgan fingerprint density at radius 2 is 2.38 bits per heavy atom. The quantitative estimate of drug-likeness (QED) is 0.601. The van der Waals surface area contributed by atoms with E-state index in [9.17, 15) is 0 Å². The van der Waals surface area contributed by atoms with Gasteiger partial charge < -0.3 is 0 Å². The average molecular weight is 172 g/mol. The van der Waals surface area contributed by atoms with Gasteiger partial charge in [-0.1, -0.05) is 0 Å². The minimum Gasteiger partial charge on any atom is -0.223 e. The summed E-state index contributed by atoms with van der Waals surface area (Å²) in [4.78, 5) is 3.75. The number of hydrogen-bond acceptors (Lipinski definition) is 5. The molecule has 0 radical (unpaired) electrons. The average Bonchev–Trinajstić information content (AvgIpc) is 2.70. The molecule has 0 unspecified atom stereocenters. The molecule has 0 saturated heterocycles. The van der Waals surface area contributed by atoms with Gasteiger partial charge in [-0.25, -0.2) is 4.98 Å². The third-order valence-electron chi connectivity index (χ3n) is 1.46. The van der Waals surface area contributed by atoms with E-state index in [-0.39, 0.29) is 0 Å². The molecule has 0 N–H and O–H groups in total. The zero-order valence-corrected chi connectivity index (χ0v) is 6.49. The van der Waals surface area contributed by atoms with E-state index >= 15 is 0 Å². The van der Waals surface area contributed by atoms with Gasteiger partial charge in [-0.15, -0.1) is 5.10 Å². The molecule has 0 aromatic carbocycles. The molecule has 0 spiro atoms. The zero-order chi connectivity index (χ0) is 9.10. The summed E-state index contributed by atoms with van der Waals surface area (Å²) in [5.41, 5.74) is 0.417. The lowest BCUT2D eigenvalue weighted by Gasteiger charge is -1.98. The van der Waals surface area contributed by atoms with E-state index in [2.05, 4.69) is 20.3 Å². The van der Waals surface area contributed by atoms with Crippen LogP contribution >= 0.6 is 0 Å². The predicted octanol–water partition coefficient (Wildman–Crippen LogP) is -0.0710. The van der Waals surface area contributed by atoms with Crippen molar-refractivity contribution >= 4 is 0 Å². The van der Waals surface area contributed by atoms with Crippen LogP contribution in [0.2, 0.25) is 0 Å². The number of nitrogens with zero attached hydrogens (tertiary/aromatic N) is 6. The fraction of sp³-hybridized carbons (Fsp3) is 0. The van der Waals surface area contributed by atoms with E-state index in [0.29, 0.717) is 11.4 Å². The normalized spacial score (nSPS) is 9.46. The Morgan fingerprint density at radius 3 is 3.08 bits per heavy atom. The van der Waals surface area contributed by atoms with Crippen molar-refractivity contribution in [3.63, 3.8) is 0 Å². The molecule has 0 aliphatic heterocycles. The second-order valence-electron chi connectivity index (χ2n) is 2.22. The number of aromatic nitrogens is 5. The molecule has 0 aliphatic carbocycles. The van der Waals surface area contributed by atoms with Gasteiger partial charge in [-0.05, 0) is 6.07 Å². The highest BCUT2D eigenvalue weighted by Crippen LogP contribution is 2.05. The summed E-state index contributed by atoms with van der Waals surface area (Å²) < 4.78 is 1.39. The lowest BCUT2D eigenvalue weighted by Crippen LogP contribution is -2.02. The zero-order valence-electron chi connectivity index (χ0n) is 6.49. The summed E-state index contributed by atoms with van der Waals surface area (Å²) in [6.07, 6.45) is 4.29. The molecule has 6 heteroatoms. The van der Waals surface area contributed by atoms with Crippen molar-refractivity contribution < 1.29 is 0 Å². The standard InChI is InChI=1S/C7H4N6/c8-3-6-1-2-10-12-7(6)13-5-9-4-11-13/h1-2,4-5H. The molecule has 0 fully saturated rings. The SMILES string of the molecule is N#Cc1ccnnc1-n1cncn1. The molecule has 2 rings (SSSR count). The Bertz CT molecular complexity index is 440. The lowest BCUT2D eigenvalue weighted by molar-refractivity contribution is 0.809. The Hall–Kier alpha value is -2.29. The van der Waals surface area contributed by atoms with E-state index in [1.165, 1.54) is 23.5 Å². The van der Waals surface area contributed by atoms with E-state index < -0.39 is 0 Å². The first-order valence-electron chi connectivity index (χ1n) is 3.48. The largest absolute Gasteiger partial charge is 0.223 e. The van der Waals surface area contributed by atoms with Crippen LogP contribution in [0.4, 0.5) is 0 Å². The molecule has 2 aromatic rings. The molecule has 0 atom stereocenters. The van der Waals surface area contributed by atoms with Gasteiger partial charge in [-0.3, -0.25) is 0 Å². The summed E-state index contributed by atoms with van der Waals surface area (Å²) in [5, 5.41) is 20.0. The molecule has 62 valence electrons. The van der Waals surface area contributed by atoms with Crippen LogP contribution in [-0.2, 0) is 0 Å². The first-order valence-corrected chi connectivity index (χ1v) is 3.48. The van der Waals surface area contributed by atoms with E-state index in [0.717, 1.165) is 0 Å². The van der Waals surface area contributed by atoms with Gasteiger partial charge in [0.15, 0.2) is 5.82 Å². The maximum absolute atomic E-state index is 8.74. The number of hydrogen-bond donors (Lipinski definition) is 0. The summed E-state index contributed by atoms with van der Waals surface area (Å²) in [5.74, 6) is 0.391. The Kier molecular flexibility index (Phi) is 1.69. The molecule has 0 saturated carbocycles. The fourth-order valence-corrected chi connectivity index (χ4v) is 0.898.